The van der Waals surface area contributed by atoms with Gasteiger partial charge in [-0.25, -0.2) is 0 Å². The molecule has 0 saturated carbocycles. The predicted octanol–water partition coefficient (Wildman–Crippen LogP) is 5.53. The van der Waals surface area contributed by atoms with Gasteiger partial charge in [-0.05, 0) is 94.2 Å². The van der Waals surface area contributed by atoms with E-state index in [9.17, 15) is 19.2 Å². The summed E-state index contributed by atoms with van der Waals surface area (Å²) in [5.41, 5.74) is 2.45. The number of aromatic nitrogens is 1. The number of nitrogens with one attached hydrogen (secondary N) is 3. The van der Waals surface area contributed by atoms with Crippen molar-refractivity contribution in [3.8, 4) is 0 Å². The molecule has 1 aliphatic carbocycles. The first-order valence-electron chi connectivity index (χ1n) is 15.6. The molecule has 3 atom stereocenters. The Morgan fingerprint density at radius 2 is 1.76 bits per heavy atom. The standard InChI is InChI=1S/C36H43N3O6/c1-25-10-12-26(2)44-20-6-7-21-45-30-15-13-28(14-16-30)23-33(36(43)37-29(24-40)22-27-8-4-3-5-9-27)39-35(42)32-18-17-31(38-32)34(41)19-11-25/h3-5,8-10,12-13,15-18,24,28-29,33,38H,6-7,11,14,19-23H2,1-2H3,(H,37,43)(H,39,42). The molecule has 0 radical (unpaired) electrons. The maximum absolute atomic E-state index is 13.5. The zero-order valence-corrected chi connectivity index (χ0v) is 26.1. The van der Waals surface area contributed by atoms with Gasteiger partial charge in [0.25, 0.3) is 5.91 Å². The first kappa shape index (κ1) is 33.2. The summed E-state index contributed by atoms with van der Waals surface area (Å²) in [5, 5.41) is 5.65. The highest BCUT2D eigenvalue weighted by molar-refractivity contribution is 6.00. The molecule has 1 aromatic heterocycles. The van der Waals surface area contributed by atoms with Crippen LogP contribution in [0.1, 0.15) is 78.9 Å². The number of H-pyrrole nitrogens is 1. The molecule has 0 saturated heterocycles. The fraction of sp³-hybridized carbons (Fsp3) is 0.389. The number of hydrogen-bond donors (Lipinski definition) is 3. The van der Waals surface area contributed by atoms with Gasteiger partial charge in [0.2, 0.25) is 5.91 Å². The van der Waals surface area contributed by atoms with Crippen molar-refractivity contribution in [3.63, 3.8) is 0 Å². The van der Waals surface area contributed by atoms with E-state index in [2.05, 4.69) is 15.6 Å². The fourth-order valence-corrected chi connectivity index (χ4v) is 5.14. The van der Waals surface area contributed by atoms with Crippen molar-refractivity contribution in [1.82, 2.24) is 15.6 Å². The molecular weight excluding hydrogens is 570 g/mol. The minimum atomic E-state index is -0.918. The van der Waals surface area contributed by atoms with Gasteiger partial charge in [-0.3, -0.25) is 14.4 Å². The van der Waals surface area contributed by atoms with Crippen molar-refractivity contribution in [2.75, 3.05) is 13.2 Å². The van der Waals surface area contributed by atoms with Gasteiger partial charge < -0.3 is 29.9 Å². The summed E-state index contributed by atoms with van der Waals surface area (Å²) in [6.45, 7) is 5.03. The van der Waals surface area contributed by atoms with Crippen LogP contribution in [0.4, 0.5) is 0 Å². The van der Waals surface area contributed by atoms with Crippen LogP contribution in [0.3, 0.4) is 0 Å². The van der Waals surface area contributed by atoms with Gasteiger partial charge in [-0.1, -0.05) is 48.1 Å². The van der Waals surface area contributed by atoms with Crippen LogP contribution >= 0.6 is 0 Å². The number of benzene rings is 1. The second-order valence-corrected chi connectivity index (χ2v) is 11.6. The van der Waals surface area contributed by atoms with Gasteiger partial charge in [-0.2, -0.15) is 0 Å². The number of rotatable bonds is 5. The zero-order valence-electron chi connectivity index (χ0n) is 26.1. The van der Waals surface area contributed by atoms with Gasteiger partial charge in [-0.15, -0.1) is 0 Å². The summed E-state index contributed by atoms with van der Waals surface area (Å²) in [7, 11) is 0. The number of ketones is 1. The van der Waals surface area contributed by atoms with Crippen LogP contribution in [0.5, 0.6) is 0 Å². The molecule has 9 heteroatoms. The Kier molecular flexibility index (Phi) is 12.5. The molecule has 3 N–H and O–H groups in total. The molecular formula is C36H43N3O6. The van der Waals surface area contributed by atoms with E-state index in [1.807, 2.05) is 74.6 Å². The first-order chi connectivity index (χ1) is 21.8. The number of carbonyl (C=O) groups is 4. The lowest BCUT2D eigenvalue weighted by atomic mass is 9.92. The van der Waals surface area contributed by atoms with Gasteiger partial charge >= 0.3 is 0 Å². The van der Waals surface area contributed by atoms with E-state index in [4.69, 9.17) is 9.47 Å². The Morgan fingerprint density at radius 1 is 1.00 bits per heavy atom. The highest BCUT2D eigenvalue weighted by atomic mass is 16.5. The molecule has 2 aromatic rings. The zero-order chi connectivity index (χ0) is 32.0. The second-order valence-electron chi connectivity index (χ2n) is 11.6. The normalized spacial score (nSPS) is 21.1. The largest absolute Gasteiger partial charge is 0.498 e. The van der Waals surface area contributed by atoms with Crippen LogP contribution in [0.25, 0.3) is 0 Å². The van der Waals surface area contributed by atoms with Crippen molar-refractivity contribution in [1.29, 1.82) is 0 Å². The van der Waals surface area contributed by atoms with Crippen molar-refractivity contribution in [2.24, 2.45) is 5.92 Å². The number of fused-ring (bicyclic) bond motifs is 14. The third-order valence-electron chi connectivity index (χ3n) is 7.82. The van der Waals surface area contributed by atoms with Crippen molar-refractivity contribution in [3.05, 3.63) is 107 Å². The second kappa shape index (κ2) is 17.0. The van der Waals surface area contributed by atoms with Crippen LogP contribution in [-0.4, -0.2) is 54.2 Å². The van der Waals surface area contributed by atoms with E-state index >= 15 is 0 Å². The summed E-state index contributed by atoms with van der Waals surface area (Å²) >= 11 is 0. The van der Waals surface area contributed by atoms with E-state index in [0.29, 0.717) is 50.9 Å². The first-order valence-corrected chi connectivity index (χ1v) is 15.6. The molecule has 4 bridgehead atoms. The van der Waals surface area contributed by atoms with Gasteiger partial charge in [0.1, 0.15) is 23.8 Å². The molecule has 3 aliphatic rings. The van der Waals surface area contributed by atoms with Crippen molar-refractivity contribution >= 4 is 23.9 Å². The Hall–Kier alpha value is -4.66. The summed E-state index contributed by atoms with van der Waals surface area (Å²) in [6.07, 6.45) is 14.3. The van der Waals surface area contributed by atoms with Crippen molar-refractivity contribution < 1.29 is 28.7 Å². The Balaban J connectivity index is 1.50. The van der Waals surface area contributed by atoms with Crippen molar-refractivity contribution in [2.45, 2.75) is 70.9 Å². The van der Waals surface area contributed by atoms with Crippen LogP contribution in [0, 0.1) is 5.92 Å². The quantitative estimate of drug-likeness (QED) is 0.381. The lowest BCUT2D eigenvalue weighted by molar-refractivity contribution is -0.125. The molecule has 9 nitrogen and oxygen atoms in total. The van der Waals surface area contributed by atoms with E-state index < -0.39 is 23.9 Å². The Morgan fingerprint density at radius 3 is 2.49 bits per heavy atom. The van der Waals surface area contributed by atoms with Gasteiger partial charge in [0.15, 0.2) is 5.78 Å². The lowest BCUT2D eigenvalue weighted by Gasteiger charge is -2.25. The number of amides is 2. The molecule has 1 aromatic carbocycles. The van der Waals surface area contributed by atoms with Crippen LogP contribution in [0.2, 0.25) is 0 Å². The average Bonchev–Trinajstić information content (AvgIpc) is 3.55. The van der Waals surface area contributed by atoms with E-state index in [0.717, 1.165) is 35.5 Å². The monoisotopic (exact) mass is 613 g/mol. The lowest BCUT2D eigenvalue weighted by Crippen LogP contribution is -2.51. The molecule has 3 unspecified atom stereocenters. The fourth-order valence-electron chi connectivity index (χ4n) is 5.14. The summed E-state index contributed by atoms with van der Waals surface area (Å²) in [4.78, 5) is 54.5. The van der Waals surface area contributed by atoms with E-state index in [1.165, 1.54) is 0 Å². The van der Waals surface area contributed by atoms with Crippen LogP contribution in [0.15, 0.2) is 89.9 Å². The van der Waals surface area contributed by atoms with E-state index in [-0.39, 0.29) is 23.8 Å². The molecule has 0 spiro atoms. The molecule has 2 aliphatic heterocycles. The predicted molar refractivity (Wildman–Crippen MR) is 172 cm³/mol. The number of aromatic amines is 1. The number of aldehydes is 1. The molecule has 5 rings (SSSR count). The van der Waals surface area contributed by atoms with Crippen LogP contribution < -0.4 is 10.6 Å². The number of ether oxygens (including phenoxy) is 2. The highest BCUT2D eigenvalue weighted by Crippen LogP contribution is 2.23. The summed E-state index contributed by atoms with van der Waals surface area (Å²) in [6, 6.07) is 10.9. The SMILES string of the molecule is CC1=CC=C(C)OCCCCOC2=CCC(C=C2)CC(C(=O)NC(C=O)Cc2ccccc2)NC(=O)c2ccc([nH]2)C(=O)CC1. The van der Waals surface area contributed by atoms with Gasteiger partial charge in [0.05, 0.1) is 30.7 Å². The number of Topliss-reactive ketones (excluding diaryl/α,β-unsaturated/α-hetero) is 1. The molecule has 45 heavy (non-hydrogen) atoms. The highest BCUT2D eigenvalue weighted by Gasteiger charge is 2.27. The summed E-state index contributed by atoms with van der Waals surface area (Å²) in [5.74, 6) is 0.470. The Bertz CT molecular complexity index is 1450. The third kappa shape index (κ3) is 10.8. The number of carbonyl (C=O) groups excluding carboxylic acids is 4. The Labute approximate surface area is 264 Å². The average molecular weight is 614 g/mol. The molecule has 2 amide bonds. The smallest absolute Gasteiger partial charge is 0.268 e. The summed E-state index contributed by atoms with van der Waals surface area (Å²) < 4.78 is 11.7. The maximum atomic E-state index is 13.5. The van der Waals surface area contributed by atoms with E-state index in [1.54, 1.807) is 12.1 Å². The number of hydrogen-bond acceptors (Lipinski definition) is 6. The minimum Gasteiger partial charge on any atom is -0.498 e. The maximum Gasteiger partial charge on any atom is 0.268 e. The molecule has 0 fully saturated rings. The third-order valence-corrected chi connectivity index (χ3v) is 7.82. The molecule has 3 heterocycles. The topological polar surface area (TPSA) is 127 Å². The minimum absolute atomic E-state index is 0.0389. The van der Waals surface area contributed by atoms with Crippen LogP contribution in [-0.2, 0) is 25.5 Å². The van der Waals surface area contributed by atoms with Gasteiger partial charge in [0, 0.05) is 6.42 Å². The number of allylic oxidation sites excluding steroid dienone is 7. The molecule has 238 valence electrons.